The average Bonchev–Trinajstić information content (AvgIpc) is 3.02. The number of rotatable bonds is 8. The van der Waals surface area contributed by atoms with Gasteiger partial charge in [-0.15, -0.1) is 22.6 Å². The van der Waals surface area contributed by atoms with Crippen LogP contribution in [0.1, 0.15) is 32.7 Å². The maximum atomic E-state index is 12.4. The number of hydrogen-bond acceptors (Lipinski definition) is 5. The van der Waals surface area contributed by atoms with Crippen LogP contribution in [0.25, 0.3) is 11.4 Å². The molecule has 0 aliphatic heterocycles. The van der Waals surface area contributed by atoms with Crippen LogP contribution in [-0.4, -0.2) is 39.2 Å². The minimum Gasteiger partial charge on any atom is -0.354 e. The molecule has 0 aliphatic carbocycles. The second kappa shape index (κ2) is 10.00. The molecule has 2 aromatic rings. The van der Waals surface area contributed by atoms with Crippen molar-refractivity contribution in [3.05, 3.63) is 30.3 Å². The van der Waals surface area contributed by atoms with Gasteiger partial charge < -0.3 is 11.1 Å². The lowest BCUT2D eigenvalue weighted by atomic mass is 10.0. The molecule has 0 bridgehead atoms. The Bertz CT molecular complexity index is 616. The van der Waals surface area contributed by atoms with E-state index in [2.05, 4.69) is 20.7 Å². The third kappa shape index (κ3) is 5.28. The molecular formula is C16H25ClN6O. The number of nitrogens with two attached hydrogens (primary N) is 1. The molecule has 1 amide bonds. The summed E-state index contributed by atoms with van der Waals surface area (Å²) in [5.41, 5.74) is 6.34. The molecule has 24 heavy (non-hydrogen) atoms. The first-order valence-corrected chi connectivity index (χ1v) is 7.96. The van der Waals surface area contributed by atoms with Gasteiger partial charge in [-0.3, -0.25) is 4.79 Å². The van der Waals surface area contributed by atoms with Crippen molar-refractivity contribution in [3.63, 3.8) is 0 Å². The zero-order chi connectivity index (χ0) is 16.7. The van der Waals surface area contributed by atoms with E-state index in [1.807, 2.05) is 44.2 Å². The lowest BCUT2D eigenvalue weighted by Crippen LogP contribution is -2.37. The molecule has 1 unspecified atom stereocenters. The summed E-state index contributed by atoms with van der Waals surface area (Å²) in [5.74, 6) is 0.489. The standard InChI is InChI=1S/C16H24N6O.ClH/c1-12(2)14(16(23)18-11-7-6-10-17)22-20-15(19-21-22)13-8-4-3-5-9-13;/h3-5,8-9,12,14H,6-7,10-11,17H2,1-2H3,(H,18,23);1H. The van der Waals surface area contributed by atoms with Crippen molar-refractivity contribution < 1.29 is 4.79 Å². The van der Waals surface area contributed by atoms with Crippen molar-refractivity contribution in [2.75, 3.05) is 13.1 Å². The van der Waals surface area contributed by atoms with Crippen LogP contribution in [0.5, 0.6) is 0 Å². The SMILES string of the molecule is CC(C)C(C(=O)NCCCCN)n1nnc(-c2ccccc2)n1.Cl. The van der Waals surface area contributed by atoms with Crippen molar-refractivity contribution in [1.82, 2.24) is 25.5 Å². The number of amides is 1. The highest BCUT2D eigenvalue weighted by Crippen LogP contribution is 2.18. The Kier molecular flexibility index (Phi) is 8.35. The maximum Gasteiger partial charge on any atom is 0.247 e. The zero-order valence-corrected chi connectivity index (χ0v) is 14.9. The summed E-state index contributed by atoms with van der Waals surface area (Å²) in [6.07, 6.45) is 1.76. The summed E-state index contributed by atoms with van der Waals surface area (Å²) in [6.45, 7) is 5.18. The predicted octanol–water partition coefficient (Wildman–Crippen LogP) is 1.81. The largest absolute Gasteiger partial charge is 0.354 e. The normalized spacial score (nSPS) is 11.8. The minimum atomic E-state index is -0.474. The monoisotopic (exact) mass is 352 g/mol. The Morgan fingerprint density at radius 2 is 1.96 bits per heavy atom. The molecule has 0 radical (unpaired) electrons. The lowest BCUT2D eigenvalue weighted by molar-refractivity contribution is -0.126. The van der Waals surface area contributed by atoms with E-state index in [1.165, 1.54) is 4.80 Å². The molecule has 0 aliphatic rings. The predicted molar refractivity (Wildman–Crippen MR) is 95.7 cm³/mol. The number of hydrogen-bond donors (Lipinski definition) is 2. The van der Waals surface area contributed by atoms with Crippen molar-refractivity contribution in [1.29, 1.82) is 0 Å². The third-order valence-corrected chi connectivity index (χ3v) is 3.54. The van der Waals surface area contributed by atoms with E-state index >= 15 is 0 Å². The molecule has 0 fully saturated rings. The topological polar surface area (TPSA) is 98.7 Å². The Hall–Kier alpha value is -1.99. The van der Waals surface area contributed by atoms with Gasteiger partial charge in [0.05, 0.1) is 0 Å². The summed E-state index contributed by atoms with van der Waals surface area (Å²) in [7, 11) is 0. The Morgan fingerprint density at radius 1 is 1.25 bits per heavy atom. The first kappa shape index (κ1) is 20.1. The summed E-state index contributed by atoms with van der Waals surface area (Å²) in [5, 5.41) is 15.4. The molecule has 0 saturated heterocycles. The summed E-state index contributed by atoms with van der Waals surface area (Å²) in [4.78, 5) is 13.8. The summed E-state index contributed by atoms with van der Waals surface area (Å²) < 4.78 is 0. The van der Waals surface area contributed by atoms with Crippen LogP contribution in [0, 0.1) is 5.92 Å². The number of tetrazole rings is 1. The molecule has 1 aromatic carbocycles. The fraction of sp³-hybridized carbons (Fsp3) is 0.500. The number of benzene rings is 1. The van der Waals surface area contributed by atoms with Gasteiger partial charge in [0.15, 0.2) is 6.04 Å². The molecule has 0 spiro atoms. The van der Waals surface area contributed by atoms with Crippen molar-refractivity contribution in [2.45, 2.75) is 32.7 Å². The molecule has 1 aromatic heterocycles. The van der Waals surface area contributed by atoms with Gasteiger partial charge in [0, 0.05) is 12.1 Å². The van der Waals surface area contributed by atoms with Crippen LogP contribution >= 0.6 is 12.4 Å². The quantitative estimate of drug-likeness (QED) is 0.706. The average molecular weight is 353 g/mol. The minimum absolute atomic E-state index is 0. The van der Waals surface area contributed by atoms with Crippen LogP contribution in [0.2, 0.25) is 0 Å². The van der Waals surface area contributed by atoms with Crippen LogP contribution < -0.4 is 11.1 Å². The molecule has 1 atom stereocenters. The van der Waals surface area contributed by atoms with Crippen molar-refractivity contribution in [2.24, 2.45) is 11.7 Å². The van der Waals surface area contributed by atoms with E-state index in [1.54, 1.807) is 0 Å². The van der Waals surface area contributed by atoms with Gasteiger partial charge >= 0.3 is 0 Å². The molecule has 7 nitrogen and oxygen atoms in total. The van der Waals surface area contributed by atoms with Gasteiger partial charge in [-0.05, 0) is 30.5 Å². The number of aromatic nitrogens is 4. The Morgan fingerprint density at radius 3 is 2.58 bits per heavy atom. The zero-order valence-electron chi connectivity index (χ0n) is 14.1. The number of carbonyl (C=O) groups excluding carboxylic acids is 1. The van der Waals surface area contributed by atoms with Crippen LogP contribution in [0.4, 0.5) is 0 Å². The number of unbranched alkanes of at least 4 members (excludes halogenated alkanes) is 1. The van der Waals surface area contributed by atoms with E-state index in [0.717, 1.165) is 18.4 Å². The highest BCUT2D eigenvalue weighted by molar-refractivity contribution is 5.85. The third-order valence-electron chi connectivity index (χ3n) is 3.54. The fourth-order valence-electron chi connectivity index (χ4n) is 2.31. The summed E-state index contributed by atoms with van der Waals surface area (Å²) >= 11 is 0. The van der Waals surface area contributed by atoms with Gasteiger partial charge in [-0.1, -0.05) is 44.2 Å². The van der Waals surface area contributed by atoms with Gasteiger partial charge in [-0.25, -0.2) is 0 Å². The fourth-order valence-corrected chi connectivity index (χ4v) is 2.31. The van der Waals surface area contributed by atoms with Gasteiger partial charge in [0.25, 0.3) is 0 Å². The lowest BCUT2D eigenvalue weighted by Gasteiger charge is -2.18. The maximum absolute atomic E-state index is 12.4. The molecule has 0 saturated carbocycles. The number of nitrogens with one attached hydrogen (secondary N) is 1. The van der Waals surface area contributed by atoms with E-state index < -0.39 is 6.04 Å². The molecule has 8 heteroatoms. The van der Waals surface area contributed by atoms with Gasteiger partial charge in [0.2, 0.25) is 11.7 Å². The molecule has 132 valence electrons. The summed E-state index contributed by atoms with van der Waals surface area (Å²) in [6, 6.07) is 9.12. The van der Waals surface area contributed by atoms with Crippen LogP contribution in [-0.2, 0) is 4.79 Å². The van der Waals surface area contributed by atoms with Crippen LogP contribution in [0.15, 0.2) is 30.3 Å². The highest BCUT2D eigenvalue weighted by Gasteiger charge is 2.26. The van der Waals surface area contributed by atoms with E-state index in [9.17, 15) is 4.79 Å². The molecule has 3 N–H and O–H groups in total. The van der Waals surface area contributed by atoms with E-state index in [-0.39, 0.29) is 24.2 Å². The second-order valence-electron chi connectivity index (χ2n) is 5.78. The van der Waals surface area contributed by atoms with Crippen molar-refractivity contribution >= 4 is 18.3 Å². The Balaban J connectivity index is 0.00000288. The first-order valence-electron chi connectivity index (χ1n) is 7.96. The van der Waals surface area contributed by atoms with E-state index in [4.69, 9.17) is 5.73 Å². The number of halogens is 1. The van der Waals surface area contributed by atoms with Crippen molar-refractivity contribution in [3.8, 4) is 11.4 Å². The number of carbonyl (C=O) groups is 1. The molecule has 2 rings (SSSR count). The first-order chi connectivity index (χ1) is 11.1. The Labute approximate surface area is 148 Å². The molecular weight excluding hydrogens is 328 g/mol. The van der Waals surface area contributed by atoms with Crippen LogP contribution in [0.3, 0.4) is 0 Å². The van der Waals surface area contributed by atoms with Gasteiger partial charge in [0.1, 0.15) is 0 Å². The highest BCUT2D eigenvalue weighted by atomic mass is 35.5. The smallest absolute Gasteiger partial charge is 0.247 e. The number of nitrogens with zero attached hydrogens (tertiary/aromatic N) is 4. The second-order valence-corrected chi connectivity index (χ2v) is 5.78. The molecule has 1 heterocycles. The van der Waals surface area contributed by atoms with Gasteiger partial charge in [-0.2, -0.15) is 4.80 Å². The van der Waals surface area contributed by atoms with E-state index in [0.29, 0.717) is 18.9 Å².